The maximum Gasteiger partial charge on any atom is 0.307 e. The van der Waals surface area contributed by atoms with Crippen LogP contribution in [-0.2, 0) is 4.79 Å². The van der Waals surface area contributed by atoms with E-state index in [1.807, 2.05) is 0 Å². The summed E-state index contributed by atoms with van der Waals surface area (Å²) in [4.78, 5) is 10.6. The molecule has 0 aromatic carbocycles. The van der Waals surface area contributed by atoms with Crippen LogP contribution in [0.3, 0.4) is 0 Å². The van der Waals surface area contributed by atoms with Crippen molar-refractivity contribution in [2.45, 2.75) is 12.8 Å². The van der Waals surface area contributed by atoms with Gasteiger partial charge in [-0.2, -0.15) is 0 Å². The molecule has 1 spiro atoms. The molecule has 0 aromatic rings. The number of carboxylic acid groups (broad SMARTS) is 1. The first-order valence-corrected chi connectivity index (χ1v) is 3.68. The normalized spacial score (nSPS) is 34.6. The Morgan fingerprint density at radius 3 is 2.40 bits per heavy atom. The summed E-state index contributed by atoms with van der Waals surface area (Å²) < 4.78 is 0. The predicted octanol–water partition coefficient (Wildman–Crippen LogP) is 0.0706. The second-order valence-corrected chi connectivity index (χ2v) is 3.40. The summed E-state index contributed by atoms with van der Waals surface area (Å²) in [6, 6.07) is 0. The summed E-state index contributed by atoms with van der Waals surface area (Å²) >= 11 is 0. The van der Waals surface area contributed by atoms with E-state index in [-0.39, 0.29) is 11.3 Å². The molecular formula is C7H11NO2. The monoisotopic (exact) mass is 141 g/mol. The fourth-order valence-electron chi connectivity index (χ4n) is 1.95. The van der Waals surface area contributed by atoms with Crippen molar-refractivity contribution in [3.63, 3.8) is 0 Å². The van der Waals surface area contributed by atoms with Gasteiger partial charge in [-0.05, 0) is 12.8 Å². The summed E-state index contributed by atoms with van der Waals surface area (Å²) in [6.45, 7) is 1.84. The average Bonchev–Trinajstić information content (AvgIpc) is 1.53. The van der Waals surface area contributed by atoms with Crippen LogP contribution in [0.4, 0.5) is 0 Å². The smallest absolute Gasteiger partial charge is 0.307 e. The van der Waals surface area contributed by atoms with Gasteiger partial charge in [0.1, 0.15) is 0 Å². The van der Waals surface area contributed by atoms with E-state index < -0.39 is 5.97 Å². The van der Waals surface area contributed by atoms with E-state index in [4.69, 9.17) is 5.11 Å². The Kier molecular flexibility index (Phi) is 1.06. The zero-order valence-corrected chi connectivity index (χ0v) is 5.76. The molecule has 0 radical (unpaired) electrons. The highest BCUT2D eigenvalue weighted by molar-refractivity contribution is 5.72. The van der Waals surface area contributed by atoms with E-state index in [1.54, 1.807) is 0 Å². The average molecular weight is 141 g/mol. The highest BCUT2D eigenvalue weighted by Crippen LogP contribution is 2.49. The van der Waals surface area contributed by atoms with E-state index in [0.29, 0.717) is 0 Å². The van der Waals surface area contributed by atoms with E-state index in [1.165, 1.54) is 0 Å². The van der Waals surface area contributed by atoms with Crippen molar-refractivity contribution in [1.82, 2.24) is 5.32 Å². The summed E-state index contributed by atoms with van der Waals surface area (Å²) in [6.07, 6.45) is 1.99. The van der Waals surface area contributed by atoms with Gasteiger partial charge in [-0.3, -0.25) is 4.79 Å². The Morgan fingerprint density at radius 1 is 1.60 bits per heavy atom. The fourth-order valence-corrected chi connectivity index (χ4v) is 1.95. The van der Waals surface area contributed by atoms with Gasteiger partial charge < -0.3 is 10.4 Å². The van der Waals surface area contributed by atoms with Crippen LogP contribution in [0.2, 0.25) is 0 Å². The highest BCUT2D eigenvalue weighted by atomic mass is 16.4. The van der Waals surface area contributed by atoms with Crippen molar-refractivity contribution >= 4 is 5.97 Å². The maximum absolute atomic E-state index is 10.6. The predicted molar refractivity (Wildman–Crippen MR) is 35.7 cm³/mol. The molecular weight excluding hydrogens is 130 g/mol. The van der Waals surface area contributed by atoms with Gasteiger partial charge in [-0.25, -0.2) is 0 Å². The van der Waals surface area contributed by atoms with Gasteiger partial charge in [0.05, 0.1) is 5.92 Å². The summed E-state index contributed by atoms with van der Waals surface area (Å²) in [5.74, 6) is -0.651. The molecule has 1 heterocycles. The van der Waals surface area contributed by atoms with Gasteiger partial charge in [0.25, 0.3) is 0 Å². The maximum atomic E-state index is 10.6. The van der Waals surface area contributed by atoms with Crippen LogP contribution in [0.25, 0.3) is 0 Å². The molecule has 2 N–H and O–H groups in total. The molecule has 0 bridgehead atoms. The standard InChI is InChI=1S/C7H11NO2/c9-6(10)5-1-2-7(5)3-8-4-7/h5,8H,1-4H2,(H,9,10). The zero-order valence-electron chi connectivity index (χ0n) is 5.76. The summed E-state index contributed by atoms with van der Waals surface area (Å²) in [5, 5.41) is 11.8. The van der Waals surface area contributed by atoms with Crippen LogP contribution < -0.4 is 5.32 Å². The molecule has 2 fully saturated rings. The number of aliphatic carboxylic acids is 1. The number of nitrogens with one attached hydrogen (secondary N) is 1. The first-order chi connectivity index (χ1) is 4.75. The van der Waals surface area contributed by atoms with Crippen LogP contribution in [0, 0.1) is 11.3 Å². The molecule has 1 saturated heterocycles. The summed E-state index contributed by atoms with van der Waals surface area (Å²) in [7, 11) is 0. The molecule has 1 saturated carbocycles. The molecule has 56 valence electrons. The lowest BCUT2D eigenvalue weighted by molar-refractivity contribution is -0.158. The number of hydrogen-bond acceptors (Lipinski definition) is 2. The Bertz CT molecular complexity index is 169. The Hall–Kier alpha value is -0.570. The van der Waals surface area contributed by atoms with E-state index in [2.05, 4.69) is 5.32 Å². The Balaban J connectivity index is 2.05. The Morgan fingerprint density at radius 2 is 2.30 bits per heavy atom. The Labute approximate surface area is 59.4 Å². The molecule has 0 amide bonds. The number of hydrogen-bond donors (Lipinski definition) is 2. The molecule has 1 aliphatic carbocycles. The van der Waals surface area contributed by atoms with Crippen molar-refractivity contribution in [3.8, 4) is 0 Å². The van der Waals surface area contributed by atoms with Crippen LogP contribution >= 0.6 is 0 Å². The molecule has 1 aliphatic heterocycles. The third kappa shape index (κ3) is 0.560. The van der Waals surface area contributed by atoms with Gasteiger partial charge in [-0.15, -0.1) is 0 Å². The first kappa shape index (κ1) is 6.16. The van der Waals surface area contributed by atoms with Crippen molar-refractivity contribution in [2.24, 2.45) is 11.3 Å². The lowest BCUT2D eigenvalue weighted by Crippen LogP contribution is -2.64. The van der Waals surface area contributed by atoms with E-state index >= 15 is 0 Å². The molecule has 1 unspecified atom stereocenters. The fraction of sp³-hybridized carbons (Fsp3) is 0.857. The van der Waals surface area contributed by atoms with Crippen LogP contribution in [0.5, 0.6) is 0 Å². The van der Waals surface area contributed by atoms with Crippen molar-refractivity contribution < 1.29 is 9.90 Å². The molecule has 10 heavy (non-hydrogen) atoms. The van der Waals surface area contributed by atoms with Gasteiger partial charge in [-0.1, -0.05) is 0 Å². The number of carboxylic acids is 1. The van der Waals surface area contributed by atoms with E-state index in [9.17, 15) is 4.79 Å². The van der Waals surface area contributed by atoms with Gasteiger partial charge in [0.2, 0.25) is 0 Å². The third-order valence-corrected chi connectivity index (χ3v) is 2.92. The molecule has 1 atom stereocenters. The van der Waals surface area contributed by atoms with Gasteiger partial charge in [0.15, 0.2) is 0 Å². The molecule has 3 heteroatoms. The quantitative estimate of drug-likeness (QED) is 0.543. The second-order valence-electron chi connectivity index (χ2n) is 3.40. The second kappa shape index (κ2) is 1.72. The van der Waals surface area contributed by atoms with Crippen LogP contribution in [0.15, 0.2) is 0 Å². The first-order valence-electron chi connectivity index (χ1n) is 3.68. The van der Waals surface area contributed by atoms with E-state index in [0.717, 1.165) is 25.9 Å². The van der Waals surface area contributed by atoms with Gasteiger partial charge >= 0.3 is 5.97 Å². The largest absolute Gasteiger partial charge is 0.481 e. The molecule has 2 rings (SSSR count). The minimum Gasteiger partial charge on any atom is -0.481 e. The molecule has 3 nitrogen and oxygen atoms in total. The lowest BCUT2D eigenvalue weighted by Gasteiger charge is -2.54. The summed E-state index contributed by atoms with van der Waals surface area (Å²) in [5.41, 5.74) is 0.172. The number of rotatable bonds is 1. The van der Waals surface area contributed by atoms with Crippen molar-refractivity contribution in [3.05, 3.63) is 0 Å². The minimum absolute atomic E-state index is 0.0475. The third-order valence-electron chi connectivity index (χ3n) is 2.92. The SMILES string of the molecule is O=C(O)C1CCC12CNC2. The zero-order chi connectivity index (χ0) is 7.19. The highest BCUT2D eigenvalue weighted by Gasteiger charge is 2.54. The van der Waals surface area contributed by atoms with Crippen LogP contribution in [0.1, 0.15) is 12.8 Å². The van der Waals surface area contributed by atoms with Crippen molar-refractivity contribution in [2.75, 3.05) is 13.1 Å². The minimum atomic E-state index is -0.604. The van der Waals surface area contributed by atoms with Gasteiger partial charge in [0, 0.05) is 18.5 Å². The number of carbonyl (C=O) groups is 1. The van der Waals surface area contributed by atoms with Crippen LogP contribution in [-0.4, -0.2) is 24.2 Å². The molecule has 2 aliphatic rings. The molecule has 0 aromatic heterocycles. The topological polar surface area (TPSA) is 49.3 Å². The lowest BCUT2D eigenvalue weighted by atomic mass is 9.56. The van der Waals surface area contributed by atoms with Crippen molar-refractivity contribution in [1.29, 1.82) is 0 Å².